The van der Waals surface area contributed by atoms with Gasteiger partial charge in [0.05, 0.1) is 29.2 Å². The van der Waals surface area contributed by atoms with Crippen LogP contribution in [0.2, 0.25) is 0 Å². The first-order valence-corrected chi connectivity index (χ1v) is 15.8. The molecule has 3 rings (SSSR count). The molecule has 0 aromatic heterocycles. The molecule has 1 N–H and O–H groups in total. The van der Waals surface area contributed by atoms with Crippen molar-refractivity contribution in [2.24, 2.45) is 17.8 Å². The quantitative estimate of drug-likeness (QED) is 0.298. The van der Waals surface area contributed by atoms with E-state index in [-0.39, 0.29) is 36.3 Å². The Kier molecular flexibility index (Phi) is 10.4. The first kappa shape index (κ1) is 31.7. The fraction of sp³-hybridized carbons (Fsp3) is 0.774. The zero-order chi connectivity index (χ0) is 29.1. The van der Waals surface area contributed by atoms with Gasteiger partial charge in [-0.15, -0.1) is 24.9 Å². The van der Waals surface area contributed by atoms with Crippen molar-refractivity contribution in [1.29, 1.82) is 0 Å². The Hall–Kier alpha value is -1.80. The second kappa shape index (κ2) is 12.8. The molecule has 3 aliphatic rings. The third-order valence-electron chi connectivity index (χ3n) is 9.56. The van der Waals surface area contributed by atoms with Crippen molar-refractivity contribution in [3.63, 3.8) is 0 Å². The molecule has 8 atom stereocenters. The number of amides is 3. The monoisotopic (exact) mass is 561 g/mol. The molecule has 3 saturated heterocycles. The van der Waals surface area contributed by atoms with E-state index in [0.717, 1.165) is 32.1 Å². The Labute approximate surface area is 240 Å². The maximum Gasteiger partial charge on any atom is 0.247 e. The van der Waals surface area contributed by atoms with Crippen molar-refractivity contribution in [2.45, 2.75) is 108 Å². The lowest BCUT2D eigenvalue weighted by molar-refractivity contribution is -0.149. The molecule has 220 valence electrons. The number of nitrogens with zero attached hydrogens (tertiary/aromatic N) is 3. The smallest absolute Gasteiger partial charge is 0.247 e. The highest BCUT2D eigenvalue weighted by molar-refractivity contribution is 8.02. The van der Waals surface area contributed by atoms with E-state index in [1.165, 1.54) is 0 Å². The van der Waals surface area contributed by atoms with Gasteiger partial charge in [0, 0.05) is 30.4 Å². The third-order valence-corrected chi connectivity index (χ3v) is 11.5. The standard InChI is InChI=1S/C31H51N3O4S/c1-9-14-22(7)33(19-12-4)29(38)26-31-16-15-30(8,39-31)24(27(36)32(17-10-2)18-11-3)25(31)28(37)34(26)23(20-35)21(6)13-5/h10,12,21-26,35H,2,4,9,11,13-20H2,1,3,5-8H3/t21-,22?,23-,24-,25-,26?,30+,31?/m0/s1. The van der Waals surface area contributed by atoms with Crippen molar-refractivity contribution in [1.82, 2.24) is 14.7 Å². The molecule has 3 unspecified atom stereocenters. The molecule has 8 heteroatoms. The van der Waals surface area contributed by atoms with E-state index < -0.39 is 33.4 Å². The molecule has 7 nitrogen and oxygen atoms in total. The Morgan fingerprint density at radius 1 is 1.13 bits per heavy atom. The first-order valence-electron chi connectivity index (χ1n) is 15.0. The van der Waals surface area contributed by atoms with Gasteiger partial charge in [0.25, 0.3) is 0 Å². The van der Waals surface area contributed by atoms with Crippen LogP contribution in [0.25, 0.3) is 0 Å². The minimum absolute atomic E-state index is 0.00617. The second-order valence-corrected chi connectivity index (χ2v) is 14.0. The van der Waals surface area contributed by atoms with Crippen LogP contribution >= 0.6 is 11.8 Å². The van der Waals surface area contributed by atoms with Crippen LogP contribution in [0.1, 0.15) is 80.1 Å². The van der Waals surface area contributed by atoms with Crippen LogP contribution in [0.4, 0.5) is 0 Å². The van der Waals surface area contributed by atoms with Crippen molar-refractivity contribution < 1.29 is 19.5 Å². The molecule has 3 fully saturated rings. The summed E-state index contributed by atoms with van der Waals surface area (Å²) in [6, 6.07) is -1.20. The lowest BCUT2D eigenvalue weighted by atomic mass is 9.66. The van der Waals surface area contributed by atoms with Gasteiger partial charge in [-0.1, -0.05) is 52.7 Å². The van der Waals surface area contributed by atoms with E-state index in [1.807, 2.05) is 30.6 Å². The van der Waals surface area contributed by atoms with Gasteiger partial charge in [-0.3, -0.25) is 14.4 Å². The maximum absolute atomic E-state index is 14.7. The van der Waals surface area contributed by atoms with Crippen molar-refractivity contribution in [2.75, 3.05) is 26.2 Å². The zero-order valence-electron chi connectivity index (χ0n) is 25.0. The van der Waals surface area contributed by atoms with E-state index in [9.17, 15) is 19.5 Å². The van der Waals surface area contributed by atoms with E-state index in [0.29, 0.717) is 26.1 Å². The number of thioether (sulfide) groups is 1. The number of carbonyl (C=O) groups excluding carboxylic acids is 3. The molecule has 0 aliphatic carbocycles. The molecule has 0 radical (unpaired) electrons. The number of hydrogen-bond donors (Lipinski definition) is 1. The normalized spacial score (nSPS) is 31.5. The number of aliphatic hydroxyl groups excluding tert-OH is 1. The molecule has 1 spiro atoms. The Balaban J connectivity index is 2.18. The van der Waals surface area contributed by atoms with E-state index in [4.69, 9.17) is 0 Å². The third kappa shape index (κ3) is 5.32. The van der Waals surface area contributed by atoms with E-state index >= 15 is 0 Å². The number of likely N-dealkylation sites (tertiary alicyclic amines) is 1. The van der Waals surface area contributed by atoms with Gasteiger partial charge in [-0.05, 0) is 45.4 Å². The van der Waals surface area contributed by atoms with Gasteiger partial charge >= 0.3 is 0 Å². The highest BCUT2D eigenvalue weighted by Gasteiger charge is 2.78. The number of rotatable bonds is 15. The number of hydrogen-bond acceptors (Lipinski definition) is 5. The van der Waals surface area contributed by atoms with Crippen molar-refractivity contribution in [3.05, 3.63) is 25.3 Å². The number of aliphatic hydroxyl groups is 1. The Morgan fingerprint density at radius 3 is 2.33 bits per heavy atom. The first-order chi connectivity index (χ1) is 18.5. The summed E-state index contributed by atoms with van der Waals surface area (Å²) >= 11 is 1.70. The average molecular weight is 562 g/mol. The molecule has 0 saturated carbocycles. The van der Waals surface area contributed by atoms with Crippen LogP contribution in [-0.4, -0.2) is 91.4 Å². The predicted octanol–water partition coefficient (Wildman–Crippen LogP) is 4.50. The van der Waals surface area contributed by atoms with Gasteiger partial charge < -0.3 is 19.8 Å². The van der Waals surface area contributed by atoms with Gasteiger partial charge in [0.1, 0.15) is 6.04 Å². The molecule has 2 bridgehead atoms. The summed E-state index contributed by atoms with van der Waals surface area (Å²) in [5.41, 5.74) is 0. The SMILES string of the molecule is C=CCN(CCC)C(=O)[C@@H]1[C@H]2C(=O)N([C@@H](CO)[C@@H](C)CC)C(C(=O)N(CC=C)C(C)CCC)C23CC[C@@]1(C)S3. The molecule has 39 heavy (non-hydrogen) atoms. The zero-order valence-corrected chi connectivity index (χ0v) is 25.8. The molecular formula is C31H51N3O4S. The molecule has 3 heterocycles. The highest BCUT2D eigenvalue weighted by atomic mass is 32.2. The molecule has 3 amide bonds. The second-order valence-electron chi connectivity index (χ2n) is 12.1. The molecule has 0 aromatic rings. The van der Waals surface area contributed by atoms with Crippen LogP contribution in [0.5, 0.6) is 0 Å². The molecular weight excluding hydrogens is 510 g/mol. The lowest BCUT2D eigenvalue weighted by Crippen LogP contribution is -2.59. The molecule has 3 aliphatic heterocycles. The van der Waals surface area contributed by atoms with Crippen LogP contribution in [0.15, 0.2) is 25.3 Å². The van der Waals surface area contributed by atoms with Crippen molar-refractivity contribution >= 4 is 29.5 Å². The largest absolute Gasteiger partial charge is 0.394 e. The minimum Gasteiger partial charge on any atom is -0.394 e. The van der Waals surface area contributed by atoms with Crippen molar-refractivity contribution in [3.8, 4) is 0 Å². The Morgan fingerprint density at radius 2 is 1.79 bits per heavy atom. The number of carbonyl (C=O) groups is 3. The van der Waals surface area contributed by atoms with Gasteiger partial charge in [0.2, 0.25) is 17.7 Å². The summed E-state index contributed by atoms with van der Waals surface area (Å²) in [6.45, 7) is 21.4. The van der Waals surface area contributed by atoms with Crippen LogP contribution < -0.4 is 0 Å². The maximum atomic E-state index is 14.7. The van der Waals surface area contributed by atoms with E-state index in [1.54, 1.807) is 28.8 Å². The lowest BCUT2D eigenvalue weighted by Gasteiger charge is -2.42. The van der Waals surface area contributed by atoms with Gasteiger partial charge in [-0.2, -0.15) is 0 Å². The average Bonchev–Trinajstić information content (AvgIpc) is 3.47. The molecule has 0 aromatic carbocycles. The van der Waals surface area contributed by atoms with Crippen LogP contribution in [0.3, 0.4) is 0 Å². The summed E-state index contributed by atoms with van der Waals surface area (Å²) in [6.07, 6.45) is 8.37. The summed E-state index contributed by atoms with van der Waals surface area (Å²) in [4.78, 5) is 48.9. The van der Waals surface area contributed by atoms with Crippen LogP contribution in [0, 0.1) is 17.8 Å². The number of fused-ring (bicyclic) bond motifs is 1. The summed E-state index contributed by atoms with van der Waals surface area (Å²) in [7, 11) is 0. The van der Waals surface area contributed by atoms with Gasteiger partial charge in [-0.25, -0.2) is 0 Å². The van der Waals surface area contributed by atoms with Crippen LogP contribution in [-0.2, 0) is 14.4 Å². The summed E-state index contributed by atoms with van der Waals surface area (Å²) < 4.78 is -1.11. The topological polar surface area (TPSA) is 81.2 Å². The predicted molar refractivity (Wildman–Crippen MR) is 159 cm³/mol. The van der Waals surface area contributed by atoms with Gasteiger partial charge in [0.15, 0.2) is 0 Å². The van der Waals surface area contributed by atoms with E-state index in [2.05, 4.69) is 33.9 Å². The fourth-order valence-corrected chi connectivity index (χ4v) is 9.79. The minimum atomic E-state index is -0.718. The summed E-state index contributed by atoms with van der Waals surface area (Å²) in [5, 5.41) is 10.6. The fourth-order valence-electron chi connectivity index (χ4n) is 7.46. The highest BCUT2D eigenvalue weighted by Crippen LogP contribution is 2.72. The Bertz CT molecular complexity index is 943. The summed E-state index contributed by atoms with van der Waals surface area (Å²) in [5.74, 6) is -1.31.